The van der Waals surface area contributed by atoms with Gasteiger partial charge in [-0.1, -0.05) is 18.5 Å². The zero-order valence-electron chi connectivity index (χ0n) is 11.8. The van der Waals surface area contributed by atoms with Gasteiger partial charge in [0, 0.05) is 6.07 Å². The van der Waals surface area contributed by atoms with Crippen molar-refractivity contribution in [2.24, 2.45) is 0 Å². The number of tetrazole rings is 1. The van der Waals surface area contributed by atoms with Crippen LogP contribution in [0.4, 0.5) is 0 Å². The maximum Gasteiger partial charge on any atom is 0.173 e. The number of nitrogens with one attached hydrogen (secondary N) is 1. The fourth-order valence-electron chi connectivity index (χ4n) is 1.87. The van der Waals surface area contributed by atoms with Crippen LogP contribution < -0.4 is 10.1 Å². The summed E-state index contributed by atoms with van der Waals surface area (Å²) in [7, 11) is 1.61. The van der Waals surface area contributed by atoms with E-state index < -0.39 is 0 Å². The van der Waals surface area contributed by atoms with Gasteiger partial charge in [0.25, 0.3) is 0 Å². The molecule has 0 spiro atoms. The van der Waals surface area contributed by atoms with Crippen molar-refractivity contribution in [3.05, 3.63) is 29.0 Å². The van der Waals surface area contributed by atoms with Gasteiger partial charge in [-0.25, -0.2) is 0 Å². The van der Waals surface area contributed by atoms with Gasteiger partial charge in [-0.15, -0.1) is 5.10 Å². The topological polar surface area (TPSA) is 64.9 Å². The van der Waals surface area contributed by atoms with Crippen molar-refractivity contribution in [1.82, 2.24) is 25.5 Å². The van der Waals surface area contributed by atoms with E-state index in [1.165, 1.54) is 0 Å². The molecule has 20 heavy (non-hydrogen) atoms. The maximum atomic E-state index is 6.23. The van der Waals surface area contributed by atoms with E-state index in [1.807, 2.05) is 13.0 Å². The molecule has 7 heteroatoms. The normalized spacial score (nSPS) is 12.4. The lowest BCUT2D eigenvalue weighted by molar-refractivity contribution is 0.414. The molecule has 0 bridgehead atoms. The van der Waals surface area contributed by atoms with Crippen LogP contribution in [-0.2, 0) is 0 Å². The van der Waals surface area contributed by atoms with E-state index in [0.29, 0.717) is 22.3 Å². The van der Waals surface area contributed by atoms with Crippen LogP contribution in [-0.4, -0.2) is 33.9 Å². The van der Waals surface area contributed by atoms with Gasteiger partial charge in [0.15, 0.2) is 5.82 Å². The molecule has 2 rings (SSSR count). The largest absolute Gasteiger partial charge is 0.497 e. The SMILES string of the molecule is CCCNC(C)c1nnnn1-c1cc(OC)ccc1Cl. The number of hydrogen-bond acceptors (Lipinski definition) is 5. The molecule has 1 N–H and O–H groups in total. The van der Waals surface area contributed by atoms with Crippen molar-refractivity contribution in [2.75, 3.05) is 13.7 Å². The molecule has 6 nitrogen and oxygen atoms in total. The van der Waals surface area contributed by atoms with Gasteiger partial charge < -0.3 is 10.1 Å². The summed E-state index contributed by atoms with van der Waals surface area (Å²) in [6.45, 7) is 5.04. The highest BCUT2D eigenvalue weighted by Crippen LogP contribution is 2.26. The Kier molecular flexibility index (Phi) is 4.92. The number of aromatic nitrogens is 4. The number of benzene rings is 1. The summed E-state index contributed by atoms with van der Waals surface area (Å²) in [5.41, 5.74) is 0.705. The molecule has 1 atom stereocenters. The monoisotopic (exact) mass is 295 g/mol. The minimum atomic E-state index is 0.0345. The summed E-state index contributed by atoms with van der Waals surface area (Å²) in [6.07, 6.45) is 1.05. The van der Waals surface area contributed by atoms with Gasteiger partial charge >= 0.3 is 0 Å². The second-order valence-electron chi connectivity index (χ2n) is 4.44. The van der Waals surface area contributed by atoms with Crippen LogP contribution >= 0.6 is 11.6 Å². The van der Waals surface area contributed by atoms with Crippen LogP contribution in [0.25, 0.3) is 5.69 Å². The van der Waals surface area contributed by atoms with Crippen molar-refractivity contribution in [3.8, 4) is 11.4 Å². The first-order chi connectivity index (χ1) is 9.67. The number of nitrogens with zero attached hydrogens (tertiary/aromatic N) is 4. The molecule has 0 saturated carbocycles. The zero-order valence-corrected chi connectivity index (χ0v) is 12.6. The molecular weight excluding hydrogens is 278 g/mol. The van der Waals surface area contributed by atoms with Gasteiger partial charge in [-0.05, 0) is 42.4 Å². The second-order valence-corrected chi connectivity index (χ2v) is 4.85. The van der Waals surface area contributed by atoms with Gasteiger partial charge in [0.1, 0.15) is 5.75 Å². The van der Waals surface area contributed by atoms with Crippen LogP contribution in [0.15, 0.2) is 18.2 Å². The van der Waals surface area contributed by atoms with Crippen LogP contribution in [0.2, 0.25) is 5.02 Å². The standard InChI is InChI=1S/C13H18ClN5O/c1-4-7-15-9(2)13-16-17-18-19(13)12-8-10(20-3)5-6-11(12)14/h5-6,8-9,15H,4,7H2,1-3H3. The van der Waals surface area contributed by atoms with E-state index in [-0.39, 0.29) is 6.04 Å². The van der Waals surface area contributed by atoms with Gasteiger partial charge in [-0.3, -0.25) is 0 Å². The van der Waals surface area contributed by atoms with E-state index in [2.05, 4.69) is 27.8 Å². The van der Waals surface area contributed by atoms with Crippen molar-refractivity contribution in [1.29, 1.82) is 0 Å². The predicted molar refractivity (Wildman–Crippen MR) is 77.4 cm³/mol. The van der Waals surface area contributed by atoms with Crippen molar-refractivity contribution in [3.63, 3.8) is 0 Å². The Bertz CT molecular complexity index is 572. The molecule has 2 aromatic rings. The third-order valence-corrected chi connectivity index (χ3v) is 3.28. The average Bonchev–Trinajstić information content (AvgIpc) is 2.94. The Morgan fingerprint density at radius 3 is 2.95 bits per heavy atom. The summed E-state index contributed by atoms with van der Waals surface area (Å²) in [6, 6.07) is 5.42. The molecule has 0 aliphatic heterocycles. The second kappa shape index (κ2) is 6.67. The molecule has 1 aromatic carbocycles. The first kappa shape index (κ1) is 14.7. The lowest BCUT2D eigenvalue weighted by Crippen LogP contribution is -2.22. The van der Waals surface area contributed by atoms with Crippen LogP contribution in [0.1, 0.15) is 32.1 Å². The number of halogens is 1. The summed E-state index contributed by atoms with van der Waals surface area (Å²) in [5, 5.41) is 15.8. The number of hydrogen-bond donors (Lipinski definition) is 1. The summed E-state index contributed by atoms with van der Waals surface area (Å²) < 4.78 is 6.85. The van der Waals surface area contributed by atoms with Gasteiger partial charge in [0.2, 0.25) is 0 Å². The quantitative estimate of drug-likeness (QED) is 0.886. The minimum absolute atomic E-state index is 0.0345. The Balaban J connectivity index is 2.36. The van der Waals surface area contributed by atoms with Crippen molar-refractivity contribution >= 4 is 11.6 Å². The first-order valence-electron chi connectivity index (χ1n) is 6.53. The molecule has 0 amide bonds. The van der Waals surface area contributed by atoms with Crippen molar-refractivity contribution < 1.29 is 4.74 Å². The zero-order chi connectivity index (χ0) is 14.5. The van der Waals surface area contributed by atoms with E-state index in [9.17, 15) is 0 Å². The average molecular weight is 296 g/mol. The van der Waals surface area contributed by atoms with E-state index in [0.717, 1.165) is 13.0 Å². The summed E-state index contributed by atoms with van der Waals surface area (Å²) in [5.74, 6) is 1.42. The van der Waals surface area contributed by atoms with E-state index >= 15 is 0 Å². The third-order valence-electron chi connectivity index (χ3n) is 2.96. The molecule has 0 aliphatic carbocycles. The van der Waals surface area contributed by atoms with Crippen molar-refractivity contribution in [2.45, 2.75) is 26.3 Å². The molecule has 0 saturated heterocycles. The third kappa shape index (κ3) is 3.08. The molecular formula is C13H18ClN5O. The summed E-state index contributed by atoms with van der Waals surface area (Å²) >= 11 is 6.23. The fraction of sp³-hybridized carbons (Fsp3) is 0.462. The van der Waals surface area contributed by atoms with E-state index in [1.54, 1.807) is 23.9 Å². The lowest BCUT2D eigenvalue weighted by Gasteiger charge is -2.14. The maximum absolute atomic E-state index is 6.23. The smallest absolute Gasteiger partial charge is 0.173 e. The van der Waals surface area contributed by atoms with Gasteiger partial charge in [0.05, 0.1) is 23.9 Å². The van der Waals surface area contributed by atoms with Crippen LogP contribution in [0, 0.1) is 0 Å². The fourth-order valence-corrected chi connectivity index (χ4v) is 2.07. The Morgan fingerprint density at radius 1 is 1.45 bits per heavy atom. The first-order valence-corrected chi connectivity index (χ1v) is 6.90. The Hall–Kier alpha value is -1.66. The highest BCUT2D eigenvalue weighted by atomic mass is 35.5. The molecule has 0 fully saturated rings. The molecule has 1 aromatic heterocycles. The van der Waals surface area contributed by atoms with Crippen LogP contribution in [0.3, 0.4) is 0 Å². The van der Waals surface area contributed by atoms with E-state index in [4.69, 9.17) is 16.3 Å². The Morgan fingerprint density at radius 2 is 2.25 bits per heavy atom. The highest BCUT2D eigenvalue weighted by Gasteiger charge is 2.17. The number of ether oxygens (including phenoxy) is 1. The molecule has 1 unspecified atom stereocenters. The number of methoxy groups -OCH3 is 1. The van der Waals surface area contributed by atoms with Gasteiger partial charge in [-0.2, -0.15) is 4.68 Å². The summed E-state index contributed by atoms with van der Waals surface area (Å²) in [4.78, 5) is 0. The Labute approximate surface area is 123 Å². The molecule has 1 heterocycles. The van der Waals surface area contributed by atoms with Crippen LogP contribution in [0.5, 0.6) is 5.75 Å². The number of rotatable bonds is 6. The molecule has 108 valence electrons. The molecule has 0 radical (unpaired) electrons. The minimum Gasteiger partial charge on any atom is -0.497 e. The lowest BCUT2D eigenvalue weighted by atomic mass is 10.2. The predicted octanol–water partition coefficient (Wildman–Crippen LogP) is 2.38. The molecule has 0 aliphatic rings. The highest BCUT2D eigenvalue weighted by molar-refractivity contribution is 6.32.